The summed E-state index contributed by atoms with van der Waals surface area (Å²) in [6.45, 7) is 11.0. The van der Waals surface area contributed by atoms with E-state index in [0.29, 0.717) is 12.1 Å². The molecule has 0 spiro atoms. The first-order valence-corrected chi connectivity index (χ1v) is 6.78. The average Bonchev–Trinajstić information content (AvgIpc) is 2.75. The fourth-order valence-electron chi connectivity index (χ4n) is 2.24. The van der Waals surface area contributed by atoms with E-state index in [0.717, 1.165) is 26.2 Å². The third kappa shape index (κ3) is 5.82. The number of nitrogens with one attached hydrogen (secondary N) is 1. The van der Waals surface area contributed by atoms with Gasteiger partial charge in [0.2, 0.25) is 0 Å². The third-order valence-corrected chi connectivity index (χ3v) is 3.55. The molecule has 1 heterocycles. The molecule has 1 N–H and O–H groups in total. The van der Waals surface area contributed by atoms with Gasteiger partial charge in [0.25, 0.3) is 0 Å². The van der Waals surface area contributed by atoms with Crippen LogP contribution in [0.3, 0.4) is 0 Å². The van der Waals surface area contributed by atoms with Crippen LogP contribution in [0.5, 0.6) is 0 Å². The molecule has 1 aliphatic rings. The molecule has 0 saturated carbocycles. The minimum Gasteiger partial charge on any atom is -0.383 e. The number of methoxy groups -OCH3 is 1. The molecule has 4 nitrogen and oxygen atoms in total. The fraction of sp³-hybridized carbons (Fsp3) is 1.00. The number of rotatable bonds is 8. The Morgan fingerprint density at radius 2 is 2.18 bits per heavy atom. The van der Waals surface area contributed by atoms with Crippen molar-refractivity contribution in [3.8, 4) is 0 Å². The van der Waals surface area contributed by atoms with Crippen LogP contribution in [0.15, 0.2) is 0 Å². The predicted molar refractivity (Wildman–Crippen MR) is 72.5 cm³/mol. The zero-order chi connectivity index (χ0) is 12.7. The number of likely N-dealkylation sites (N-methyl/N-ethyl adjacent to an activating group) is 1. The zero-order valence-electron chi connectivity index (χ0n) is 11.9. The zero-order valence-corrected chi connectivity index (χ0v) is 11.9. The van der Waals surface area contributed by atoms with E-state index in [1.54, 1.807) is 7.11 Å². The lowest BCUT2D eigenvalue weighted by Crippen LogP contribution is -2.39. The Balaban J connectivity index is 2.04. The van der Waals surface area contributed by atoms with Crippen molar-refractivity contribution in [1.82, 2.24) is 15.1 Å². The van der Waals surface area contributed by atoms with Crippen LogP contribution >= 0.6 is 0 Å². The highest BCUT2D eigenvalue weighted by Gasteiger charge is 2.23. The quantitative estimate of drug-likeness (QED) is 0.677. The first-order valence-electron chi connectivity index (χ1n) is 6.78. The monoisotopic (exact) mass is 243 g/mol. The van der Waals surface area contributed by atoms with E-state index >= 15 is 0 Å². The second-order valence-corrected chi connectivity index (χ2v) is 5.32. The molecule has 0 amide bonds. The van der Waals surface area contributed by atoms with E-state index in [1.165, 1.54) is 19.5 Å². The van der Waals surface area contributed by atoms with E-state index in [4.69, 9.17) is 4.74 Å². The van der Waals surface area contributed by atoms with Gasteiger partial charge in [0.1, 0.15) is 0 Å². The Hall–Kier alpha value is -0.160. The van der Waals surface area contributed by atoms with Gasteiger partial charge in [-0.2, -0.15) is 0 Å². The Labute approximate surface area is 106 Å². The predicted octanol–water partition coefficient (Wildman–Crippen LogP) is 0.637. The number of likely N-dealkylation sites (tertiary alicyclic amines) is 1. The molecule has 4 heteroatoms. The number of hydrogen-bond acceptors (Lipinski definition) is 4. The lowest BCUT2D eigenvalue weighted by Gasteiger charge is -2.21. The van der Waals surface area contributed by atoms with Gasteiger partial charge < -0.3 is 15.0 Å². The molecule has 0 aromatic rings. The van der Waals surface area contributed by atoms with Crippen molar-refractivity contribution in [2.45, 2.75) is 32.4 Å². The van der Waals surface area contributed by atoms with Gasteiger partial charge in [-0.15, -0.1) is 0 Å². The average molecular weight is 243 g/mol. The highest BCUT2D eigenvalue weighted by molar-refractivity contribution is 4.82. The van der Waals surface area contributed by atoms with Crippen molar-refractivity contribution in [2.75, 3.05) is 53.5 Å². The summed E-state index contributed by atoms with van der Waals surface area (Å²) >= 11 is 0. The summed E-state index contributed by atoms with van der Waals surface area (Å²) in [5.41, 5.74) is 0. The Bertz CT molecular complexity index is 199. The van der Waals surface area contributed by atoms with Crippen LogP contribution in [0.4, 0.5) is 0 Å². The molecule has 1 unspecified atom stereocenters. The highest BCUT2D eigenvalue weighted by Crippen LogP contribution is 2.11. The molecule has 0 bridgehead atoms. The van der Waals surface area contributed by atoms with E-state index in [2.05, 4.69) is 36.0 Å². The van der Waals surface area contributed by atoms with Crippen LogP contribution in [-0.2, 0) is 4.74 Å². The second kappa shape index (κ2) is 8.03. The molecule has 0 radical (unpaired) electrons. The maximum atomic E-state index is 5.06. The molecule has 1 fully saturated rings. The molecule has 0 aliphatic carbocycles. The molecule has 0 aromatic heterocycles. The number of nitrogens with zero attached hydrogens (tertiary/aromatic N) is 2. The summed E-state index contributed by atoms with van der Waals surface area (Å²) in [5, 5.41) is 3.65. The SMILES string of the molecule is COCCN(C)CCNC1CCN(C(C)C)C1. The van der Waals surface area contributed by atoms with Crippen molar-refractivity contribution in [3.05, 3.63) is 0 Å². The molecule has 1 rings (SSSR count). The smallest absolute Gasteiger partial charge is 0.0589 e. The van der Waals surface area contributed by atoms with Crippen LogP contribution in [0, 0.1) is 0 Å². The molecular weight excluding hydrogens is 214 g/mol. The fourth-order valence-corrected chi connectivity index (χ4v) is 2.24. The first kappa shape index (κ1) is 14.9. The summed E-state index contributed by atoms with van der Waals surface area (Å²) in [5.74, 6) is 0. The third-order valence-electron chi connectivity index (χ3n) is 3.55. The minimum atomic E-state index is 0.686. The van der Waals surface area contributed by atoms with Crippen molar-refractivity contribution < 1.29 is 4.74 Å². The maximum absolute atomic E-state index is 5.06. The Morgan fingerprint density at radius 1 is 1.41 bits per heavy atom. The minimum absolute atomic E-state index is 0.686. The van der Waals surface area contributed by atoms with Crippen LogP contribution in [0.1, 0.15) is 20.3 Å². The Kier molecular flexibility index (Phi) is 7.04. The molecule has 17 heavy (non-hydrogen) atoms. The largest absolute Gasteiger partial charge is 0.383 e. The van der Waals surface area contributed by atoms with E-state index in [9.17, 15) is 0 Å². The molecule has 1 aliphatic heterocycles. The lowest BCUT2D eigenvalue weighted by atomic mass is 10.2. The van der Waals surface area contributed by atoms with Gasteiger partial charge in [0.15, 0.2) is 0 Å². The second-order valence-electron chi connectivity index (χ2n) is 5.32. The van der Waals surface area contributed by atoms with Crippen LogP contribution < -0.4 is 5.32 Å². The van der Waals surface area contributed by atoms with Crippen LogP contribution in [0.25, 0.3) is 0 Å². The van der Waals surface area contributed by atoms with Gasteiger partial charge in [-0.05, 0) is 33.9 Å². The van der Waals surface area contributed by atoms with Crippen LogP contribution in [0.2, 0.25) is 0 Å². The molecular formula is C13H29N3O. The van der Waals surface area contributed by atoms with Crippen molar-refractivity contribution in [2.24, 2.45) is 0 Å². The van der Waals surface area contributed by atoms with Gasteiger partial charge in [0.05, 0.1) is 6.61 Å². The summed E-state index contributed by atoms with van der Waals surface area (Å²) in [6.07, 6.45) is 1.29. The topological polar surface area (TPSA) is 27.7 Å². The van der Waals surface area contributed by atoms with Crippen molar-refractivity contribution in [3.63, 3.8) is 0 Å². The highest BCUT2D eigenvalue weighted by atomic mass is 16.5. The van der Waals surface area contributed by atoms with Crippen LogP contribution in [-0.4, -0.2) is 75.4 Å². The van der Waals surface area contributed by atoms with Gasteiger partial charge in [-0.25, -0.2) is 0 Å². The summed E-state index contributed by atoms with van der Waals surface area (Å²) in [6, 6.07) is 1.37. The lowest BCUT2D eigenvalue weighted by molar-refractivity contribution is 0.161. The van der Waals surface area contributed by atoms with Gasteiger partial charge in [-0.3, -0.25) is 4.90 Å². The van der Waals surface area contributed by atoms with Crippen molar-refractivity contribution >= 4 is 0 Å². The van der Waals surface area contributed by atoms with Gasteiger partial charge in [0, 0.05) is 45.4 Å². The summed E-state index contributed by atoms with van der Waals surface area (Å²) < 4.78 is 5.06. The summed E-state index contributed by atoms with van der Waals surface area (Å²) in [4.78, 5) is 4.86. The molecule has 1 saturated heterocycles. The standard InChI is InChI=1S/C13H29N3O/c1-12(2)16-7-5-13(11-16)14-6-8-15(3)9-10-17-4/h12-14H,5-11H2,1-4H3. The maximum Gasteiger partial charge on any atom is 0.0589 e. The number of hydrogen-bond donors (Lipinski definition) is 1. The van der Waals surface area contributed by atoms with Gasteiger partial charge in [-0.1, -0.05) is 0 Å². The Morgan fingerprint density at radius 3 is 2.76 bits per heavy atom. The first-order chi connectivity index (χ1) is 8.13. The van der Waals surface area contributed by atoms with E-state index in [1.807, 2.05) is 0 Å². The molecule has 102 valence electrons. The normalized spacial score (nSPS) is 21.9. The molecule has 0 aromatic carbocycles. The van der Waals surface area contributed by atoms with Gasteiger partial charge >= 0.3 is 0 Å². The van der Waals surface area contributed by atoms with Crippen molar-refractivity contribution in [1.29, 1.82) is 0 Å². The van der Waals surface area contributed by atoms with E-state index < -0.39 is 0 Å². The molecule has 1 atom stereocenters. The van der Waals surface area contributed by atoms with E-state index in [-0.39, 0.29) is 0 Å². The summed E-state index contributed by atoms with van der Waals surface area (Å²) in [7, 11) is 3.90. The number of ether oxygens (including phenoxy) is 1.